The first-order valence-electron chi connectivity index (χ1n) is 6.73. The molecule has 1 aliphatic heterocycles. The van der Waals surface area contributed by atoms with Gasteiger partial charge in [0.25, 0.3) is 0 Å². The lowest BCUT2D eigenvalue weighted by atomic mass is 10.1. The number of sulfonamides is 1. The van der Waals surface area contributed by atoms with Crippen molar-refractivity contribution in [1.29, 1.82) is 0 Å². The SMILES string of the molecule is Cc1cc(S(=O)(=O)N[C@@H]2CCn3cncc3C2)ccc1F. The van der Waals surface area contributed by atoms with Crippen molar-refractivity contribution >= 4 is 10.0 Å². The Morgan fingerprint density at radius 3 is 3.00 bits per heavy atom. The van der Waals surface area contributed by atoms with E-state index in [4.69, 9.17) is 0 Å². The molecule has 0 fully saturated rings. The van der Waals surface area contributed by atoms with E-state index < -0.39 is 15.8 Å². The van der Waals surface area contributed by atoms with Crippen LogP contribution in [0.5, 0.6) is 0 Å². The van der Waals surface area contributed by atoms with Crippen LogP contribution in [0, 0.1) is 12.7 Å². The molecule has 0 saturated heterocycles. The molecular weight excluding hydrogens is 293 g/mol. The van der Waals surface area contributed by atoms with Crippen LogP contribution in [0.25, 0.3) is 0 Å². The maximum absolute atomic E-state index is 13.3. The van der Waals surface area contributed by atoms with Crippen LogP contribution in [-0.2, 0) is 23.0 Å². The lowest BCUT2D eigenvalue weighted by molar-refractivity contribution is 0.439. The van der Waals surface area contributed by atoms with Crippen molar-refractivity contribution in [3.05, 3.63) is 47.8 Å². The summed E-state index contributed by atoms with van der Waals surface area (Å²) in [6.07, 6.45) is 4.83. The van der Waals surface area contributed by atoms with Crippen molar-refractivity contribution in [3.63, 3.8) is 0 Å². The van der Waals surface area contributed by atoms with Crippen LogP contribution in [0.15, 0.2) is 35.6 Å². The Hall–Kier alpha value is -1.73. The summed E-state index contributed by atoms with van der Waals surface area (Å²) in [5, 5.41) is 0. The van der Waals surface area contributed by atoms with Crippen molar-refractivity contribution in [2.75, 3.05) is 0 Å². The summed E-state index contributed by atoms with van der Waals surface area (Å²) in [5.41, 5.74) is 1.34. The zero-order chi connectivity index (χ0) is 15.0. The Bertz CT molecular complexity index is 770. The standard InChI is InChI=1S/C14H16FN3O2S/c1-10-6-13(2-3-14(10)15)21(19,20)17-11-4-5-18-9-16-8-12(18)7-11/h2-3,6,8-9,11,17H,4-5,7H2,1H3/t11-/m1/s1. The van der Waals surface area contributed by atoms with Crippen molar-refractivity contribution in [2.45, 2.75) is 37.2 Å². The number of hydrogen-bond acceptors (Lipinski definition) is 3. The monoisotopic (exact) mass is 309 g/mol. The van der Waals surface area contributed by atoms with E-state index in [1.54, 1.807) is 19.4 Å². The smallest absolute Gasteiger partial charge is 0.240 e. The molecule has 21 heavy (non-hydrogen) atoms. The number of imidazole rings is 1. The molecule has 1 aliphatic rings. The van der Waals surface area contributed by atoms with Gasteiger partial charge >= 0.3 is 0 Å². The molecule has 1 aromatic carbocycles. The third-order valence-corrected chi connectivity index (χ3v) is 5.25. The van der Waals surface area contributed by atoms with Crippen LogP contribution in [-0.4, -0.2) is 24.0 Å². The van der Waals surface area contributed by atoms with Crippen LogP contribution in [0.1, 0.15) is 17.7 Å². The Labute approximate surface area is 122 Å². The number of fused-ring (bicyclic) bond motifs is 1. The number of hydrogen-bond donors (Lipinski definition) is 1. The Kier molecular flexibility index (Phi) is 3.54. The molecule has 0 amide bonds. The summed E-state index contributed by atoms with van der Waals surface area (Å²) < 4.78 is 42.7. The van der Waals surface area contributed by atoms with Crippen molar-refractivity contribution in [3.8, 4) is 0 Å². The van der Waals surface area contributed by atoms with Gasteiger partial charge in [-0.3, -0.25) is 0 Å². The van der Waals surface area contributed by atoms with E-state index in [0.29, 0.717) is 18.4 Å². The third-order valence-electron chi connectivity index (χ3n) is 3.73. The fourth-order valence-electron chi connectivity index (χ4n) is 2.54. The van der Waals surface area contributed by atoms with Crippen LogP contribution in [0.2, 0.25) is 0 Å². The number of nitrogens with one attached hydrogen (secondary N) is 1. The molecule has 1 aromatic heterocycles. The zero-order valence-corrected chi connectivity index (χ0v) is 12.4. The molecule has 0 saturated carbocycles. The summed E-state index contributed by atoms with van der Waals surface area (Å²) in [6, 6.07) is 3.66. The average molecular weight is 309 g/mol. The van der Waals surface area contributed by atoms with E-state index in [0.717, 1.165) is 12.2 Å². The van der Waals surface area contributed by atoms with E-state index in [1.807, 2.05) is 4.57 Å². The van der Waals surface area contributed by atoms with Crippen molar-refractivity contribution < 1.29 is 12.8 Å². The van der Waals surface area contributed by atoms with Gasteiger partial charge in [-0.1, -0.05) is 0 Å². The lowest BCUT2D eigenvalue weighted by Gasteiger charge is -2.24. The molecule has 0 spiro atoms. The maximum atomic E-state index is 13.3. The van der Waals surface area contributed by atoms with Gasteiger partial charge in [0, 0.05) is 30.9 Å². The first-order valence-corrected chi connectivity index (χ1v) is 8.21. The van der Waals surface area contributed by atoms with Gasteiger partial charge in [0.2, 0.25) is 10.0 Å². The zero-order valence-electron chi connectivity index (χ0n) is 11.6. The normalized spacial score (nSPS) is 18.5. The molecular formula is C14H16FN3O2S. The second kappa shape index (κ2) is 5.23. The molecule has 112 valence electrons. The van der Waals surface area contributed by atoms with Gasteiger partial charge in [-0.25, -0.2) is 22.5 Å². The highest BCUT2D eigenvalue weighted by atomic mass is 32.2. The molecule has 0 unspecified atom stereocenters. The molecule has 2 aromatic rings. The van der Waals surface area contributed by atoms with E-state index in [9.17, 15) is 12.8 Å². The largest absolute Gasteiger partial charge is 0.334 e. The molecule has 0 aliphatic carbocycles. The van der Waals surface area contributed by atoms with Gasteiger partial charge in [0.15, 0.2) is 0 Å². The number of halogens is 1. The predicted molar refractivity (Wildman–Crippen MR) is 75.8 cm³/mol. The fraction of sp³-hybridized carbons (Fsp3) is 0.357. The highest BCUT2D eigenvalue weighted by Crippen LogP contribution is 2.18. The molecule has 3 rings (SSSR count). The van der Waals surface area contributed by atoms with E-state index in [2.05, 4.69) is 9.71 Å². The number of aryl methyl sites for hydroxylation is 2. The second-order valence-electron chi connectivity index (χ2n) is 5.30. The van der Waals surface area contributed by atoms with Crippen molar-refractivity contribution in [1.82, 2.24) is 14.3 Å². The molecule has 0 bridgehead atoms. The summed E-state index contributed by atoms with van der Waals surface area (Å²) in [7, 11) is -3.63. The van der Waals surface area contributed by atoms with Crippen LogP contribution in [0.4, 0.5) is 4.39 Å². The van der Waals surface area contributed by atoms with Crippen molar-refractivity contribution in [2.24, 2.45) is 0 Å². The maximum Gasteiger partial charge on any atom is 0.240 e. The first-order chi connectivity index (χ1) is 9.95. The average Bonchev–Trinajstić information content (AvgIpc) is 2.88. The van der Waals surface area contributed by atoms with E-state index in [-0.39, 0.29) is 10.9 Å². The molecule has 1 atom stereocenters. The Morgan fingerprint density at radius 1 is 1.43 bits per heavy atom. The van der Waals surface area contributed by atoms with Gasteiger partial charge in [-0.05, 0) is 37.1 Å². The first kappa shape index (κ1) is 14.2. The summed E-state index contributed by atoms with van der Waals surface area (Å²) in [6.45, 7) is 2.29. The van der Waals surface area contributed by atoms with E-state index >= 15 is 0 Å². The van der Waals surface area contributed by atoms with Gasteiger partial charge in [-0.15, -0.1) is 0 Å². The Morgan fingerprint density at radius 2 is 2.24 bits per heavy atom. The lowest BCUT2D eigenvalue weighted by Crippen LogP contribution is -2.39. The van der Waals surface area contributed by atoms with Gasteiger partial charge in [-0.2, -0.15) is 0 Å². The molecule has 7 heteroatoms. The summed E-state index contributed by atoms with van der Waals surface area (Å²) in [5.74, 6) is -0.407. The van der Waals surface area contributed by atoms with Crippen LogP contribution >= 0.6 is 0 Å². The predicted octanol–water partition coefficient (Wildman–Crippen LogP) is 1.62. The quantitative estimate of drug-likeness (QED) is 0.937. The van der Waals surface area contributed by atoms with Crippen LogP contribution in [0.3, 0.4) is 0 Å². The molecule has 1 N–H and O–H groups in total. The second-order valence-corrected chi connectivity index (χ2v) is 7.01. The van der Waals surface area contributed by atoms with Gasteiger partial charge in [0.1, 0.15) is 5.82 Å². The minimum Gasteiger partial charge on any atom is -0.334 e. The summed E-state index contributed by atoms with van der Waals surface area (Å²) in [4.78, 5) is 4.16. The highest BCUT2D eigenvalue weighted by molar-refractivity contribution is 7.89. The number of nitrogens with zero attached hydrogens (tertiary/aromatic N) is 2. The van der Waals surface area contributed by atoms with E-state index in [1.165, 1.54) is 18.2 Å². The van der Waals surface area contributed by atoms with Crippen LogP contribution < -0.4 is 4.72 Å². The van der Waals surface area contributed by atoms with Gasteiger partial charge < -0.3 is 4.57 Å². The third kappa shape index (κ3) is 2.84. The molecule has 0 radical (unpaired) electrons. The fourth-order valence-corrected chi connectivity index (χ4v) is 3.90. The minimum absolute atomic E-state index is 0.0977. The summed E-state index contributed by atoms with van der Waals surface area (Å²) >= 11 is 0. The number of aromatic nitrogens is 2. The number of rotatable bonds is 3. The van der Waals surface area contributed by atoms with Gasteiger partial charge in [0.05, 0.1) is 11.2 Å². The topological polar surface area (TPSA) is 64.0 Å². The molecule has 5 nitrogen and oxygen atoms in total. The minimum atomic E-state index is -3.63. The number of benzene rings is 1. The molecule has 2 heterocycles. The Balaban J connectivity index is 1.79. The highest BCUT2D eigenvalue weighted by Gasteiger charge is 2.24.